The van der Waals surface area contributed by atoms with Crippen LogP contribution < -0.4 is 5.32 Å². The second kappa shape index (κ2) is 15.5. The van der Waals surface area contributed by atoms with Crippen LogP contribution >= 0.6 is 0 Å². The molecule has 0 spiro atoms. The Morgan fingerprint density at radius 1 is 0.565 bits per heavy atom. The number of aliphatic hydroxyl groups is 11. The van der Waals surface area contributed by atoms with Crippen molar-refractivity contribution >= 4 is 5.91 Å². The molecule has 1 unspecified atom stereocenters. The van der Waals surface area contributed by atoms with Crippen LogP contribution in [0, 0.1) is 0 Å². The second-order valence-corrected chi connectivity index (χ2v) is 11.8. The van der Waals surface area contributed by atoms with Crippen molar-refractivity contribution in [1.82, 2.24) is 5.32 Å². The molecular formula is C26H45NO19. The summed E-state index contributed by atoms with van der Waals surface area (Å²) >= 11 is 0. The molecule has 12 N–H and O–H groups in total. The van der Waals surface area contributed by atoms with Crippen LogP contribution in [-0.2, 0) is 38.0 Å². The molecule has 0 saturated carbocycles. The van der Waals surface area contributed by atoms with Gasteiger partial charge in [0.2, 0.25) is 5.91 Å². The van der Waals surface area contributed by atoms with Crippen LogP contribution in [-0.4, -0.2) is 198 Å². The van der Waals surface area contributed by atoms with Gasteiger partial charge in [0.25, 0.3) is 0 Å². The summed E-state index contributed by atoms with van der Waals surface area (Å²) in [5.74, 6) is -0.644. The summed E-state index contributed by atoms with van der Waals surface area (Å²) < 4.78 is 38.8. The molecule has 0 radical (unpaired) electrons. The molecule has 0 aromatic heterocycles. The molecule has 4 fully saturated rings. The maximum absolute atomic E-state index is 11.8. The number of ether oxygens (including phenoxy) is 7. The van der Waals surface area contributed by atoms with Crippen LogP contribution in [0.2, 0.25) is 0 Å². The van der Waals surface area contributed by atoms with Crippen molar-refractivity contribution in [2.24, 2.45) is 0 Å². The van der Waals surface area contributed by atoms with E-state index in [2.05, 4.69) is 5.32 Å². The van der Waals surface area contributed by atoms with E-state index in [1.54, 1.807) is 0 Å². The Balaban J connectivity index is 1.50. The second-order valence-electron chi connectivity index (χ2n) is 11.8. The molecule has 20 heteroatoms. The highest BCUT2D eigenvalue weighted by Gasteiger charge is 2.54. The van der Waals surface area contributed by atoms with E-state index in [1.807, 2.05) is 0 Å². The average molecular weight is 676 g/mol. The third-order valence-corrected chi connectivity index (χ3v) is 8.53. The quantitative estimate of drug-likeness (QED) is 0.108. The first kappa shape index (κ1) is 37.6. The van der Waals surface area contributed by atoms with Crippen LogP contribution in [0.3, 0.4) is 0 Å². The Hall–Kier alpha value is -1.25. The van der Waals surface area contributed by atoms with Gasteiger partial charge in [-0.2, -0.15) is 0 Å². The number of nitrogens with one attached hydrogen (secondary N) is 1. The van der Waals surface area contributed by atoms with Crippen molar-refractivity contribution in [3.05, 3.63) is 0 Å². The van der Waals surface area contributed by atoms with Crippen LogP contribution in [0.15, 0.2) is 0 Å². The van der Waals surface area contributed by atoms with E-state index < -0.39 is 142 Å². The molecule has 4 aliphatic heterocycles. The number of carbonyl (C=O) groups is 1. The molecule has 20 nitrogen and oxygen atoms in total. The van der Waals surface area contributed by atoms with Crippen molar-refractivity contribution in [2.45, 2.75) is 144 Å². The minimum atomic E-state index is -1.89. The normalized spacial score (nSPS) is 51.9. The lowest BCUT2D eigenvalue weighted by Gasteiger charge is -2.49. The summed E-state index contributed by atoms with van der Waals surface area (Å²) in [6, 6.07) is -1.41. The molecule has 46 heavy (non-hydrogen) atoms. The van der Waals surface area contributed by atoms with Gasteiger partial charge in [-0.25, -0.2) is 0 Å². The average Bonchev–Trinajstić information content (AvgIpc) is 3.01. The van der Waals surface area contributed by atoms with Gasteiger partial charge in [-0.15, -0.1) is 0 Å². The van der Waals surface area contributed by atoms with Gasteiger partial charge < -0.3 is 94.6 Å². The zero-order chi connectivity index (χ0) is 34.2. The van der Waals surface area contributed by atoms with Gasteiger partial charge in [0.1, 0.15) is 85.4 Å². The molecular weight excluding hydrogens is 630 g/mol. The Morgan fingerprint density at radius 3 is 1.48 bits per heavy atom. The van der Waals surface area contributed by atoms with Crippen molar-refractivity contribution in [2.75, 3.05) is 13.2 Å². The van der Waals surface area contributed by atoms with Crippen molar-refractivity contribution in [3.63, 3.8) is 0 Å². The lowest BCUT2D eigenvalue weighted by molar-refractivity contribution is -0.385. The Kier molecular flexibility index (Phi) is 12.7. The summed E-state index contributed by atoms with van der Waals surface area (Å²) in [6.07, 6.45) is -30.5. The Bertz CT molecular complexity index is 997. The van der Waals surface area contributed by atoms with E-state index in [0.717, 1.165) is 6.92 Å². The fourth-order valence-electron chi connectivity index (χ4n) is 5.81. The number of rotatable bonds is 9. The number of aliphatic hydroxyl groups excluding tert-OH is 11. The summed E-state index contributed by atoms with van der Waals surface area (Å²) in [4.78, 5) is 11.8. The SMILES string of the molecule is CC(=O)N[C@H]1[C@@H](O[C@@H]2[C@@H](O)[C@H](C)O[C@@H](O[C@@H]3[C@@H](O)[C@H](C)O[C@@H](O[C@H]4C(O)O[C@H](CO)[C@H](O)[C@@H]4O)[C@@H]3O)[C@@H]2O)O[C@H](CO)[C@@H](O)[C@@H]1O. The monoisotopic (exact) mass is 675 g/mol. The topological polar surface area (TPSA) is 316 Å². The largest absolute Gasteiger partial charge is 0.394 e. The zero-order valence-corrected chi connectivity index (χ0v) is 25.1. The summed E-state index contributed by atoms with van der Waals surface area (Å²) in [5.41, 5.74) is 0. The van der Waals surface area contributed by atoms with Crippen LogP contribution in [0.1, 0.15) is 20.8 Å². The molecule has 4 heterocycles. The molecule has 4 saturated heterocycles. The smallest absolute Gasteiger partial charge is 0.217 e. The first-order valence-electron chi connectivity index (χ1n) is 14.8. The standard InChI is InChI=1S/C26H45NO19/c1-6-12(31)20(44-24-11(27-8(3)30)16(35)14(33)10(5-29)43-24)18(37)25(40-6)45-21-13(32)7(2)41-26(19(21)38)46-22-17(36)15(34)9(4-28)42-23(22)39/h6-7,9-26,28-29,31-39H,4-5H2,1-3H3,(H,27,30)/t6-,7-,9+,10+,11+,12-,13-,14+,15-,16+,17-,18+,19+,20+,21+,22+,23?,24+,25-,26-/m0/s1. The number of carbonyl (C=O) groups excluding carboxylic acids is 1. The molecule has 0 aromatic rings. The highest BCUT2D eigenvalue weighted by atomic mass is 16.8. The molecule has 268 valence electrons. The maximum atomic E-state index is 11.8. The van der Waals surface area contributed by atoms with Gasteiger partial charge in [0, 0.05) is 6.92 Å². The highest BCUT2D eigenvalue weighted by molar-refractivity contribution is 5.73. The maximum Gasteiger partial charge on any atom is 0.217 e. The van der Waals surface area contributed by atoms with E-state index >= 15 is 0 Å². The lowest BCUT2D eigenvalue weighted by atomic mass is 9.95. The Labute approximate surface area is 262 Å². The van der Waals surface area contributed by atoms with Gasteiger partial charge in [0.05, 0.1) is 25.4 Å². The predicted molar refractivity (Wildman–Crippen MR) is 143 cm³/mol. The van der Waals surface area contributed by atoms with Gasteiger partial charge >= 0.3 is 0 Å². The first-order chi connectivity index (χ1) is 21.6. The zero-order valence-electron chi connectivity index (χ0n) is 25.1. The van der Waals surface area contributed by atoms with Gasteiger partial charge in [-0.1, -0.05) is 0 Å². The summed E-state index contributed by atoms with van der Waals surface area (Å²) in [5, 5.41) is 117. The van der Waals surface area contributed by atoms with E-state index in [4.69, 9.17) is 33.2 Å². The van der Waals surface area contributed by atoms with Crippen molar-refractivity contribution in [1.29, 1.82) is 0 Å². The fraction of sp³-hybridized carbons (Fsp3) is 0.962. The van der Waals surface area contributed by atoms with E-state index in [-0.39, 0.29) is 0 Å². The molecule has 20 atom stereocenters. The van der Waals surface area contributed by atoms with Crippen molar-refractivity contribution < 1.29 is 94.1 Å². The predicted octanol–water partition coefficient (Wildman–Crippen LogP) is -7.55. The molecule has 1 amide bonds. The van der Waals surface area contributed by atoms with Gasteiger partial charge in [0.15, 0.2) is 25.2 Å². The minimum absolute atomic E-state index is 0.644. The van der Waals surface area contributed by atoms with E-state index in [9.17, 15) is 61.0 Å². The molecule has 0 bridgehead atoms. The van der Waals surface area contributed by atoms with Gasteiger partial charge in [-0.05, 0) is 13.8 Å². The highest BCUT2D eigenvalue weighted by Crippen LogP contribution is 2.34. The number of hydrogen-bond donors (Lipinski definition) is 12. The van der Waals surface area contributed by atoms with Crippen LogP contribution in [0.4, 0.5) is 0 Å². The van der Waals surface area contributed by atoms with E-state index in [0.29, 0.717) is 0 Å². The van der Waals surface area contributed by atoms with Gasteiger partial charge in [-0.3, -0.25) is 4.79 Å². The van der Waals surface area contributed by atoms with Crippen LogP contribution in [0.25, 0.3) is 0 Å². The summed E-state index contributed by atoms with van der Waals surface area (Å²) in [7, 11) is 0. The van der Waals surface area contributed by atoms with E-state index in [1.165, 1.54) is 13.8 Å². The molecule has 4 rings (SSSR count). The van der Waals surface area contributed by atoms with Crippen LogP contribution in [0.5, 0.6) is 0 Å². The first-order valence-corrected chi connectivity index (χ1v) is 14.8. The summed E-state index contributed by atoms with van der Waals surface area (Å²) in [6.45, 7) is 2.40. The lowest BCUT2D eigenvalue weighted by Crippen LogP contribution is -2.68. The Morgan fingerprint density at radius 2 is 1.00 bits per heavy atom. The number of amides is 1. The molecule has 4 aliphatic rings. The molecule has 0 aromatic carbocycles. The minimum Gasteiger partial charge on any atom is -0.394 e. The number of hydrogen-bond acceptors (Lipinski definition) is 19. The third-order valence-electron chi connectivity index (χ3n) is 8.53. The fourth-order valence-corrected chi connectivity index (χ4v) is 5.81. The molecule has 0 aliphatic carbocycles. The third kappa shape index (κ3) is 7.64. The van der Waals surface area contributed by atoms with Crippen molar-refractivity contribution in [3.8, 4) is 0 Å².